The van der Waals surface area contributed by atoms with E-state index < -0.39 is 0 Å². The zero-order valence-corrected chi connectivity index (χ0v) is 13.3. The first-order valence-electron chi connectivity index (χ1n) is 6.16. The second kappa shape index (κ2) is 5.89. The van der Waals surface area contributed by atoms with Crippen LogP contribution in [0.5, 0.6) is 0 Å². The van der Waals surface area contributed by atoms with Crippen LogP contribution in [-0.4, -0.2) is 0 Å². The highest BCUT2D eigenvalue weighted by molar-refractivity contribution is 9.10. The van der Waals surface area contributed by atoms with Crippen LogP contribution in [0.3, 0.4) is 0 Å². The van der Waals surface area contributed by atoms with Gasteiger partial charge in [0.25, 0.3) is 0 Å². The van der Waals surface area contributed by atoms with Gasteiger partial charge in [-0.25, -0.2) is 0 Å². The Morgan fingerprint density at radius 1 is 1.17 bits per heavy atom. The summed E-state index contributed by atoms with van der Waals surface area (Å²) in [5.74, 6) is 0.568. The summed E-state index contributed by atoms with van der Waals surface area (Å²) in [6.45, 7) is 6.64. The number of hydrogen-bond acceptors (Lipinski definition) is 2. The summed E-state index contributed by atoms with van der Waals surface area (Å²) >= 11 is 5.28. The van der Waals surface area contributed by atoms with E-state index in [-0.39, 0.29) is 0 Å². The SMILES string of the molecule is CC(C)c1cccc(NC(C)c2cc(Br)cs2)c1. The van der Waals surface area contributed by atoms with E-state index in [1.165, 1.54) is 16.1 Å². The number of thiophene rings is 1. The number of hydrogen-bond donors (Lipinski definition) is 1. The van der Waals surface area contributed by atoms with Crippen molar-refractivity contribution in [2.75, 3.05) is 5.32 Å². The van der Waals surface area contributed by atoms with Crippen LogP contribution in [0.25, 0.3) is 0 Å². The van der Waals surface area contributed by atoms with Crippen LogP contribution in [0, 0.1) is 0 Å². The van der Waals surface area contributed by atoms with Crippen molar-refractivity contribution in [3.63, 3.8) is 0 Å². The minimum Gasteiger partial charge on any atom is -0.378 e. The molecule has 0 saturated heterocycles. The first kappa shape index (κ1) is 13.6. The smallest absolute Gasteiger partial charge is 0.0578 e. The van der Waals surface area contributed by atoms with Crippen LogP contribution >= 0.6 is 27.3 Å². The molecule has 0 spiro atoms. The number of rotatable bonds is 4. The molecule has 1 heterocycles. The molecule has 0 saturated carbocycles. The van der Waals surface area contributed by atoms with Gasteiger partial charge in [0, 0.05) is 20.4 Å². The van der Waals surface area contributed by atoms with Crippen LogP contribution in [0.15, 0.2) is 40.2 Å². The lowest BCUT2D eigenvalue weighted by Crippen LogP contribution is -2.05. The molecule has 18 heavy (non-hydrogen) atoms. The van der Waals surface area contributed by atoms with Crippen molar-refractivity contribution in [1.82, 2.24) is 0 Å². The summed E-state index contributed by atoms with van der Waals surface area (Å²) in [5, 5.41) is 5.68. The number of anilines is 1. The largest absolute Gasteiger partial charge is 0.378 e. The molecule has 0 radical (unpaired) electrons. The van der Waals surface area contributed by atoms with Gasteiger partial charge in [0.15, 0.2) is 0 Å². The second-order valence-electron chi connectivity index (χ2n) is 4.81. The summed E-state index contributed by atoms with van der Waals surface area (Å²) in [5.41, 5.74) is 2.57. The molecule has 1 atom stereocenters. The van der Waals surface area contributed by atoms with E-state index >= 15 is 0 Å². The quantitative estimate of drug-likeness (QED) is 0.748. The number of halogens is 1. The average Bonchev–Trinajstić information content (AvgIpc) is 2.76. The topological polar surface area (TPSA) is 12.0 Å². The lowest BCUT2D eigenvalue weighted by Gasteiger charge is -2.15. The van der Waals surface area contributed by atoms with E-state index in [4.69, 9.17) is 0 Å². The molecule has 1 N–H and O–H groups in total. The van der Waals surface area contributed by atoms with Crippen molar-refractivity contribution in [2.45, 2.75) is 32.7 Å². The molecule has 2 rings (SSSR count). The Morgan fingerprint density at radius 3 is 2.56 bits per heavy atom. The zero-order valence-electron chi connectivity index (χ0n) is 10.9. The van der Waals surface area contributed by atoms with Gasteiger partial charge in [-0.3, -0.25) is 0 Å². The predicted molar refractivity (Wildman–Crippen MR) is 84.6 cm³/mol. The second-order valence-corrected chi connectivity index (χ2v) is 6.67. The van der Waals surface area contributed by atoms with E-state index in [2.05, 4.69) is 77.7 Å². The van der Waals surface area contributed by atoms with Crippen molar-refractivity contribution in [3.05, 3.63) is 50.6 Å². The molecule has 0 aliphatic rings. The average molecular weight is 324 g/mol. The Bertz CT molecular complexity index is 519. The summed E-state index contributed by atoms with van der Waals surface area (Å²) in [6, 6.07) is 11.2. The maximum absolute atomic E-state index is 3.56. The Balaban J connectivity index is 2.11. The van der Waals surface area contributed by atoms with Crippen molar-refractivity contribution in [2.24, 2.45) is 0 Å². The van der Waals surface area contributed by atoms with Gasteiger partial charge in [-0.2, -0.15) is 0 Å². The van der Waals surface area contributed by atoms with Gasteiger partial charge in [0.05, 0.1) is 6.04 Å². The molecule has 1 aromatic heterocycles. The highest BCUT2D eigenvalue weighted by Gasteiger charge is 2.08. The fraction of sp³-hybridized carbons (Fsp3) is 0.333. The molecule has 1 nitrogen and oxygen atoms in total. The third-order valence-corrected chi connectivity index (χ3v) is 4.83. The lowest BCUT2D eigenvalue weighted by molar-refractivity contribution is 0.862. The van der Waals surface area contributed by atoms with Crippen LogP contribution in [0.2, 0.25) is 0 Å². The fourth-order valence-electron chi connectivity index (χ4n) is 1.86. The van der Waals surface area contributed by atoms with Crippen LogP contribution in [-0.2, 0) is 0 Å². The minimum atomic E-state index is 0.337. The van der Waals surface area contributed by atoms with E-state index in [0.29, 0.717) is 12.0 Å². The maximum Gasteiger partial charge on any atom is 0.0578 e. The van der Waals surface area contributed by atoms with E-state index in [0.717, 1.165) is 4.47 Å². The third kappa shape index (κ3) is 3.36. The summed E-state index contributed by atoms with van der Waals surface area (Å²) in [7, 11) is 0. The monoisotopic (exact) mass is 323 g/mol. The van der Waals surface area contributed by atoms with Crippen molar-refractivity contribution in [3.8, 4) is 0 Å². The Hall–Kier alpha value is -0.800. The summed E-state index contributed by atoms with van der Waals surface area (Å²) in [4.78, 5) is 1.34. The molecule has 1 aromatic carbocycles. The molecular weight excluding hydrogens is 306 g/mol. The number of benzene rings is 1. The van der Waals surface area contributed by atoms with Gasteiger partial charge < -0.3 is 5.32 Å². The standard InChI is InChI=1S/C15H18BrNS/c1-10(2)12-5-4-6-14(7-12)17-11(3)15-8-13(16)9-18-15/h4-11,17H,1-3H3. The zero-order chi connectivity index (χ0) is 13.1. The van der Waals surface area contributed by atoms with E-state index in [9.17, 15) is 0 Å². The Kier molecular flexibility index (Phi) is 4.46. The van der Waals surface area contributed by atoms with Gasteiger partial charge in [-0.1, -0.05) is 26.0 Å². The highest BCUT2D eigenvalue weighted by atomic mass is 79.9. The fourth-order valence-corrected chi connectivity index (χ4v) is 3.32. The highest BCUT2D eigenvalue weighted by Crippen LogP contribution is 2.28. The summed E-state index contributed by atoms with van der Waals surface area (Å²) in [6.07, 6.45) is 0. The predicted octanol–water partition coefficient (Wildman–Crippen LogP) is 5.81. The molecular formula is C15H18BrNS. The van der Waals surface area contributed by atoms with Crippen molar-refractivity contribution < 1.29 is 0 Å². The molecule has 0 amide bonds. The Labute approximate surface area is 121 Å². The normalized spacial score (nSPS) is 12.7. The van der Waals surface area contributed by atoms with Gasteiger partial charge >= 0.3 is 0 Å². The van der Waals surface area contributed by atoms with Crippen LogP contribution in [0.4, 0.5) is 5.69 Å². The van der Waals surface area contributed by atoms with Gasteiger partial charge in [0.1, 0.15) is 0 Å². The molecule has 0 bridgehead atoms. The molecule has 0 aliphatic carbocycles. The molecule has 1 unspecified atom stereocenters. The minimum absolute atomic E-state index is 0.337. The van der Waals surface area contributed by atoms with Crippen LogP contribution in [0.1, 0.15) is 43.2 Å². The third-order valence-electron chi connectivity index (χ3n) is 2.95. The summed E-state index contributed by atoms with van der Waals surface area (Å²) < 4.78 is 1.16. The van der Waals surface area contributed by atoms with E-state index in [1.54, 1.807) is 11.3 Å². The Morgan fingerprint density at radius 2 is 1.94 bits per heavy atom. The molecule has 96 valence electrons. The first-order valence-corrected chi connectivity index (χ1v) is 7.84. The van der Waals surface area contributed by atoms with Gasteiger partial charge in [0.2, 0.25) is 0 Å². The first-order chi connectivity index (χ1) is 8.56. The number of nitrogens with one attached hydrogen (secondary N) is 1. The van der Waals surface area contributed by atoms with Gasteiger partial charge in [-0.05, 0) is 52.5 Å². The molecule has 2 aromatic rings. The molecule has 0 aliphatic heterocycles. The molecule has 0 fully saturated rings. The maximum atomic E-state index is 3.56. The van der Waals surface area contributed by atoms with Crippen molar-refractivity contribution >= 4 is 33.0 Å². The van der Waals surface area contributed by atoms with Gasteiger partial charge in [-0.15, -0.1) is 11.3 Å². The van der Waals surface area contributed by atoms with Crippen molar-refractivity contribution in [1.29, 1.82) is 0 Å². The van der Waals surface area contributed by atoms with Crippen LogP contribution < -0.4 is 5.32 Å². The molecule has 3 heteroatoms. The lowest BCUT2D eigenvalue weighted by atomic mass is 10.0. The van der Waals surface area contributed by atoms with E-state index in [1.807, 2.05) is 0 Å².